The zero-order chi connectivity index (χ0) is 16.5. The number of carbonyl (C=O) groups is 1. The Bertz CT molecular complexity index is 725. The van der Waals surface area contributed by atoms with Gasteiger partial charge in [0.15, 0.2) is 5.13 Å². The van der Waals surface area contributed by atoms with Crippen molar-refractivity contribution in [2.24, 2.45) is 17.8 Å². The van der Waals surface area contributed by atoms with E-state index in [4.69, 9.17) is 4.74 Å². The Labute approximate surface area is 146 Å². The highest BCUT2D eigenvalue weighted by Crippen LogP contribution is 2.49. The van der Waals surface area contributed by atoms with E-state index in [-0.39, 0.29) is 5.91 Å². The molecule has 2 bridgehead atoms. The maximum Gasteiger partial charge on any atom is 0.226 e. The molecule has 4 rings (SSSR count). The van der Waals surface area contributed by atoms with Crippen LogP contribution in [0, 0.1) is 17.8 Å². The molecule has 1 heterocycles. The number of amides is 1. The number of thiazole rings is 1. The van der Waals surface area contributed by atoms with Gasteiger partial charge in [0.2, 0.25) is 5.91 Å². The second-order valence-corrected chi connectivity index (χ2v) is 7.81. The number of rotatable bonds is 5. The minimum atomic E-state index is 0.114. The zero-order valence-corrected chi connectivity index (χ0v) is 14.6. The molecule has 24 heavy (non-hydrogen) atoms. The van der Waals surface area contributed by atoms with Gasteiger partial charge in [0.05, 0.1) is 12.8 Å². The topological polar surface area (TPSA) is 51.2 Å². The van der Waals surface area contributed by atoms with Gasteiger partial charge in [-0.3, -0.25) is 4.79 Å². The van der Waals surface area contributed by atoms with Gasteiger partial charge in [0, 0.05) is 17.4 Å². The van der Waals surface area contributed by atoms with Crippen molar-refractivity contribution >= 4 is 22.4 Å². The molecule has 0 saturated heterocycles. The number of fused-ring (bicyclic) bond motifs is 2. The maximum atomic E-state index is 12.3. The van der Waals surface area contributed by atoms with E-state index in [0.717, 1.165) is 28.8 Å². The number of hydrogen-bond donors (Lipinski definition) is 1. The summed E-state index contributed by atoms with van der Waals surface area (Å²) >= 11 is 1.48. The molecule has 1 amide bonds. The third-order valence-corrected chi connectivity index (χ3v) is 6.23. The highest BCUT2D eigenvalue weighted by atomic mass is 32.1. The minimum absolute atomic E-state index is 0.114. The summed E-state index contributed by atoms with van der Waals surface area (Å²) in [5.74, 6) is 3.20. The third kappa shape index (κ3) is 3.18. The van der Waals surface area contributed by atoms with Crippen LogP contribution < -0.4 is 10.1 Å². The Balaban J connectivity index is 1.36. The molecule has 1 aromatic carbocycles. The molecular weight excluding hydrogens is 320 g/mol. The number of carbonyl (C=O) groups excluding carboxylic acids is 1. The standard InChI is InChI=1S/C19H22N2O2S/c1-23-16-6-4-13(5-7-16)17-11-24-19(20-17)21-18(22)10-15-9-12-2-3-14(15)8-12/h4-7,11-12,14-15H,2-3,8-10H2,1H3,(H,20,21,22)/t12-,14+,15-/m0/s1. The van der Waals surface area contributed by atoms with Crippen LogP contribution in [0.2, 0.25) is 0 Å². The average Bonchev–Trinajstić information content (AvgIpc) is 3.32. The van der Waals surface area contributed by atoms with Crippen molar-refractivity contribution in [3.63, 3.8) is 0 Å². The van der Waals surface area contributed by atoms with Crippen LogP contribution >= 0.6 is 11.3 Å². The Morgan fingerprint density at radius 1 is 1.29 bits per heavy atom. The summed E-state index contributed by atoms with van der Waals surface area (Å²) in [5.41, 5.74) is 1.92. The molecule has 2 saturated carbocycles. The quantitative estimate of drug-likeness (QED) is 0.865. The normalized spacial score (nSPS) is 25.0. The summed E-state index contributed by atoms with van der Waals surface area (Å²) in [6.07, 6.45) is 5.93. The van der Waals surface area contributed by atoms with Crippen molar-refractivity contribution in [2.45, 2.75) is 32.1 Å². The van der Waals surface area contributed by atoms with Crippen molar-refractivity contribution < 1.29 is 9.53 Å². The van der Waals surface area contributed by atoms with Gasteiger partial charge in [0.25, 0.3) is 0 Å². The van der Waals surface area contributed by atoms with Crippen LogP contribution in [-0.4, -0.2) is 18.0 Å². The summed E-state index contributed by atoms with van der Waals surface area (Å²) in [7, 11) is 1.65. The fraction of sp³-hybridized carbons (Fsp3) is 0.474. The van der Waals surface area contributed by atoms with Crippen LogP contribution in [0.5, 0.6) is 5.75 Å². The number of hydrogen-bond acceptors (Lipinski definition) is 4. The lowest BCUT2D eigenvalue weighted by Crippen LogP contribution is -2.20. The first-order valence-corrected chi connectivity index (χ1v) is 9.49. The van der Waals surface area contributed by atoms with Crippen LogP contribution in [0.3, 0.4) is 0 Å². The van der Waals surface area contributed by atoms with Crippen LogP contribution in [-0.2, 0) is 4.79 Å². The highest BCUT2D eigenvalue weighted by Gasteiger charge is 2.40. The van der Waals surface area contributed by atoms with Gasteiger partial charge in [-0.15, -0.1) is 11.3 Å². The number of anilines is 1. The molecule has 0 spiro atoms. The van der Waals surface area contributed by atoms with Gasteiger partial charge in [-0.1, -0.05) is 6.42 Å². The van der Waals surface area contributed by atoms with Crippen molar-refractivity contribution in [1.82, 2.24) is 4.98 Å². The van der Waals surface area contributed by atoms with Gasteiger partial charge in [-0.25, -0.2) is 4.98 Å². The molecule has 3 atom stereocenters. The predicted octanol–water partition coefficient (Wildman–Crippen LogP) is 4.58. The molecule has 2 aliphatic carbocycles. The molecule has 0 unspecified atom stereocenters. The highest BCUT2D eigenvalue weighted by molar-refractivity contribution is 7.14. The van der Waals surface area contributed by atoms with Crippen molar-refractivity contribution in [3.05, 3.63) is 29.6 Å². The molecule has 1 N–H and O–H groups in total. The Kier molecular flexibility index (Phi) is 4.27. The minimum Gasteiger partial charge on any atom is -0.497 e. The number of methoxy groups -OCH3 is 1. The van der Waals surface area contributed by atoms with Gasteiger partial charge in [-0.05, 0) is 61.3 Å². The number of aromatic nitrogens is 1. The van der Waals surface area contributed by atoms with E-state index in [9.17, 15) is 4.79 Å². The monoisotopic (exact) mass is 342 g/mol. The van der Waals surface area contributed by atoms with E-state index >= 15 is 0 Å². The fourth-order valence-corrected chi connectivity index (χ4v) is 5.00. The first kappa shape index (κ1) is 15.6. The number of ether oxygens (including phenoxy) is 1. The zero-order valence-electron chi connectivity index (χ0n) is 13.8. The van der Waals surface area contributed by atoms with Crippen molar-refractivity contribution in [2.75, 3.05) is 12.4 Å². The SMILES string of the molecule is COc1ccc(-c2csc(NC(=O)C[C@@H]3C[C@H]4CC[C@@H]3C4)n2)cc1. The van der Waals surface area contributed by atoms with Crippen LogP contribution in [0.1, 0.15) is 32.1 Å². The molecule has 5 heteroatoms. The number of nitrogens with one attached hydrogen (secondary N) is 1. The summed E-state index contributed by atoms with van der Waals surface area (Å²) < 4.78 is 5.17. The molecule has 0 aliphatic heterocycles. The number of benzene rings is 1. The molecular formula is C19H22N2O2S. The van der Waals surface area contributed by atoms with Crippen LogP contribution in [0.15, 0.2) is 29.6 Å². The van der Waals surface area contributed by atoms with Crippen LogP contribution in [0.25, 0.3) is 11.3 Å². The number of nitrogens with zero attached hydrogens (tertiary/aromatic N) is 1. The molecule has 126 valence electrons. The fourth-order valence-electron chi connectivity index (χ4n) is 4.26. The molecule has 2 fully saturated rings. The van der Waals surface area contributed by atoms with Crippen LogP contribution in [0.4, 0.5) is 5.13 Å². The summed E-state index contributed by atoms with van der Waals surface area (Å²) in [6, 6.07) is 7.80. The van der Waals surface area contributed by atoms with E-state index in [1.54, 1.807) is 7.11 Å². The maximum absolute atomic E-state index is 12.3. The predicted molar refractivity (Wildman–Crippen MR) is 96.3 cm³/mol. The van der Waals surface area contributed by atoms with E-state index in [1.807, 2.05) is 29.6 Å². The summed E-state index contributed by atoms with van der Waals surface area (Å²) in [4.78, 5) is 16.9. The third-order valence-electron chi connectivity index (χ3n) is 5.47. The summed E-state index contributed by atoms with van der Waals surface area (Å²) in [5, 5.41) is 5.65. The average molecular weight is 342 g/mol. The lowest BCUT2D eigenvalue weighted by Gasteiger charge is -2.20. The first-order valence-electron chi connectivity index (χ1n) is 8.61. The van der Waals surface area contributed by atoms with E-state index in [2.05, 4.69) is 10.3 Å². The summed E-state index contributed by atoms with van der Waals surface area (Å²) in [6.45, 7) is 0. The second-order valence-electron chi connectivity index (χ2n) is 6.95. The van der Waals surface area contributed by atoms with Crippen molar-refractivity contribution in [3.8, 4) is 17.0 Å². The molecule has 2 aromatic rings. The Morgan fingerprint density at radius 2 is 2.12 bits per heavy atom. The van der Waals surface area contributed by atoms with E-state index in [0.29, 0.717) is 17.5 Å². The largest absolute Gasteiger partial charge is 0.497 e. The first-order chi connectivity index (χ1) is 11.7. The van der Waals surface area contributed by atoms with E-state index in [1.165, 1.54) is 37.0 Å². The smallest absolute Gasteiger partial charge is 0.226 e. The van der Waals surface area contributed by atoms with Gasteiger partial charge in [-0.2, -0.15) is 0 Å². The van der Waals surface area contributed by atoms with Gasteiger partial charge >= 0.3 is 0 Å². The Hall–Kier alpha value is -1.88. The van der Waals surface area contributed by atoms with Gasteiger partial charge < -0.3 is 10.1 Å². The molecule has 1 aromatic heterocycles. The molecule has 0 radical (unpaired) electrons. The Morgan fingerprint density at radius 3 is 2.79 bits per heavy atom. The molecule has 2 aliphatic rings. The van der Waals surface area contributed by atoms with Crippen molar-refractivity contribution in [1.29, 1.82) is 0 Å². The van der Waals surface area contributed by atoms with Gasteiger partial charge in [0.1, 0.15) is 5.75 Å². The van der Waals surface area contributed by atoms with E-state index < -0.39 is 0 Å². The second kappa shape index (κ2) is 6.55. The lowest BCUT2D eigenvalue weighted by atomic mass is 9.86. The molecule has 4 nitrogen and oxygen atoms in total. The lowest BCUT2D eigenvalue weighted by molar-refractivity contribution is -0.117.